The number of amides is 1. The molecule has 1 fully saturated rings. The Morgan fingerprint density at radius 3 is 2.62 bits per heavy atom. The number of anilines is 1. The topological polar surface area (TPSA) is 46.3 Å². The lowest BCUT2D eigenvalue weighted by atomic mass is 9.93. The molecule has 0 spiro atoms. The van der Waals surface area contributed by atoms with E-state index in [4.69, 9.17) is 5.73 Å². The number of nitrogens with two attached hydrogens (primary N) is 1. The second-order valence-electron chi connectivity index (χ2n) is 6.09. The molecular weight excluding hydrogens is 260 g/mol. The number of rotatable bonds is 5. The van der Waals surface area contributed by atoms with E-state index in [9.17, 15) is 4.79 Å². The predicted octanol–water partition coefficient (Wildman–Crippen LogP) is 3.73. The summed E-state index contributed by atoms with van der Waals surface area (Å²) in [4.78, 5) is 15.0. The van der Waals surface area contributed by atoms with Crippen LogP contribution < -0.4 is 10.6 Å². The van der Waals surface area contributed by atoms with E-state index in [0.717, 1.165) is 50.8 Å². The largest absolute Gasteiger partial charge is 0.327 e. The highest BCUT2D eigenvalue weighted by molar-refractivity contribution is 5.95. The van der Waals surface area contributed by atoms with Crippen molar-refractivity contribution in [3.63, 3.8) is 0 Å². The number of para-hydroxylation sites is 1. The Kier molecular flexibility index (Phi) is 6.24. The molecule has 2 unspecified atom stereocenters. The summed E-state index contributed by atoms with van der Waals surface area (Å²) in [5.74, 6) is 0.216. The second kappa shape index (κ2) is 8.18. The third kappa shape index (κ3) is 4.31. The SMILES string of the molecule is CCCCN(C(=O)C1CCCCCC1N)c1ccccc1. The van der Waals surface area contributed by atoms with E-state index in [0.29, 0.717) is 0 Å². The Bertz CT molecular complexity index is 432. The number of carbonyl (C=O) groups excluding carboxylic acids is 1. The van der Waals surface area contributed by atoms with Crippen molar-refractivity contribution in [2.24, 2.45) is 11.7 Å². The van der Waals surface area contributed by atoms with Crippen LogP contribution in [0.1, 0.15) is 51.9 Å². The first-order chi connectivity index (χ1) is 10.2. The summed E-state index contributed by atoms with van der Waals surface area (Å²) >= 11 is 0. The van der Waals surface area contributed by atoms with Crippen LogP contribution >= 0.6 is 0 Å². The lowest BCUT2D eigenvalue weighted by Crippen LogP contribution is -2.44. The van der Waals surface area contributed by atoms with Crippen LogP contribution in [0, 0.1) is 5.92 Å². The molecule has 2 rings (SSSR count). The van der Waals surface area contributed by atoms with E-state index >= 15 is 0 Å². The fraction of sp³-hybridized carbons (Fsp3) is 0.611. The van der Waals surface area contributed by atoms with Gasteiger partial charge >= 0.3 is 0 Å². The maximum atomic E-state index is 13.0. The van der Waals surface area contributed by atoms with Crippen LogP contribution in [0.4, 0.5) is 5.69 Å². The van der Waals surface area contributed by atoms with Gasteiger partial charge in [-0.25, -0.2) is 0 Å². The van der Waals surface area contributed by atoms with Gasteiger partial charge in [-0.2, -0.15) is 0 Å². The highest BCUT2D eigenvalue weighted by atomic mass is 16.2. The van der Waals surface area contributed by atoms with Crippen LogP contribution in [0.25, 0.3) is 0 Å². The minimum absolute atomic E-state index is 0.00966. The van der Waals surface area contributed by atoms with E-state index < -0.39 is 0 Å². The summed E-state index contributed by atoms with van der Waals surface area (Å²) in [6.45, 7) is 2.95. The van der Waals surface area contributed by atoms with Gasteiger partial charge in [0, 0.05) is 18.3 Å². The molecule has 0 aromatic heterocycles. The Morgan fingerprint density at radius 2 is 1.90 bits per heavy atom. The average Bonchev–Trinajstić information content (AvgIpc) is 2.73. The summed E-state index contributed by atoms with van der Waals surface area (Å²) in [6, 6.07) is 10.0. The Morgan fingerprint density at radius 1 is 1.19 bits per heavy atom. The van der Waals surface area contributed by atoms with Crippen LogP contribution in [0.5, 0.6) is 0 Å². The third-order valence-electron chi connectivity index (χ3n) is 4.46. The van der Waals surface area contributed by atoms with Crippen molar-refractivity contribution in [1.29, 1.82) is 0 Å². The first-order valence-electron chi connectivity index (χ1n) is 8.36. The molecule has 1 aromatic carbocycles. The Balaban J connectivity index is 2.16. The lowest BCUT2D eigenvalue weighted by molar-refractivity contribution is -0.123. The lowest BCUT2D eigenvalue weighted by Gasteiger charge is -2.29. The van der Waals surface area contributed by atoms with E-state index in [1.807, 2.05) is 35.2 Å². The van der Waals surface area contributed by atoms with Crippen LogP contribution in [0.3, 0.4) is 0 Å². The summed E-state index contributed by atoms with van der Waals surface area (Å²) in [5.41, 5.74) is 7.28. The van der Waals surface area contributed by atoms with Crippen LogP contribution in [-0.4, -0.2) is 18.5 Å². The zero-order chi connectivity index (χ0) is 15.1. The van der Waals surface area contributed by atoms with Crippen molar-refractivity contribution in [2.45, 2.75) is 57.9 Å². The minimum atomic E-state index is -0.00966. The van der Waals surface area contributed by atoms with Crippen molar-refractivity contribution in [2.75, 3.05) is 11.4 Å². The molecular formula is C18H28N2O. The maximum absolute atomic E-state index is 13.0. The number of benzene rings is 1. The van der Waals surface area contributed by atoms with Crippen molar-refractivity contribution in [1.82, 2.24) is 0 Å². The van der Waals surface area contributed by atoms with E-state index in [1.165, 1.54) is 6.42 Å². The van der Waals surface area contributed by atoms with Gasteiger partial charge in [0.25, 0.3) is 0 Å². The molecule has 1 aliphatic rings. The second-order valence-corrected chi connectivity index (χ2v) is 6.09. The fourth-order valence-corrected chi connectivity index (χ4v) is 3.13. The first-order valence-corrected chi connectivity index (χ1v) is 8.36. The molecule has 1 amide bonds. The standard InChI is InChI=1S/C18H28N2O/c1-2-3-14-20(15-10-6-4-7-11-15)18(21)16-12-8-5-9-13-17(16)19/h4,6-7,10-11,16-17H,2-3,5,8-9,12-14,19H2,1H3. The van der Waals surface area contributed by atoms with Crippen molar-refractivity contribution in [3.8, 4) is 0 Å². The number of hydrogen-bond donors (Lipinski definition) is 1. The zero-order valence-electron chi connectivity index (χ0n) is 13.1. The van der Waals surface area contributed by atoms with Gasteiger partial charge in [-0.05, 0) is 31.4 Å². The molecule has 0 bridgehead atoms. The van der Waals surface area contributed by atoms with Crippen LogP contribution in [0.2, 0.25) is 0 Å². The quantitative estimate of drug-likeness (QED) is 0.839. The summed E-state index contributed by atoms with van der Waals surface area (Å²) in [7, 11) is 0. The fourth-order valence-electron chi connectivity index (χ4n) is 3.13. The van der Waals surface area contributed by atoms with Gasteiger partial charge in [0.1, 0.15) is 0 Å². The van der Waals surface area contributed by atoms with Gasteiger partial charge < -0.3 is 10.6 Å². The van der Waals surface area contributed by atoms with Gasteiger partial charge in [0.05, 0.1) is 5.92 Å². The Labute approximate surface area is 128 Å². The summed E-state index contributed by atoms with van der Waals surface area (Å²) < 4.78 is 0. The molecule has 3 nitrogen and oxygen atoms in total. The Hall–Kier alpha value is -1.35. The van der Waals surface area contributed by atoms with E-state index in [1.54, 1.807) is 0 Å². The van der Waals surface area contributed by atoms with Crippen LogP contribution in [0.15, 0.2) is 30.3 Å². The van der Waals surface area contributed by atoms with Crippen molar-refractivity contribution < 1.29 is 4.79 Å². The normalized spacial score (nSPS) is 22.6. The number of unbranched alkanes of at least 4 members (excludes halogenated alkanes) is 1. The molecule has 2 atom stereocenters. The molecule has 21 heavy (non-hydrogen) atoms. The maximum Gasteiger partial charge on any atom is 0.231 e. The molecule has 1 saturated carbocycles. The first kappa shape index (κ1) is 16.0. The zero-order valence-corrected chi connectivity index (χ0v) is 13.1. The molecule has 0 saturated heterocycles. The molecule has 0 aliphatic heterocycles. The molecule has 2 N–H and O–H groups in total. The molecule has 116 valence electrons. The van der Waals surface area contributed by atoms with Gasteiger partial charge in [-0.1, -0.05) is 50.8 Å². The van der Waals surface area contributed by atoms with E-state index in [-0.39, 0.29) is 17.9 Å². The van der Waals surface area contributed by atoms with Crippen molar-refractivity contribution in [3.05, 3.63) is 30.3 Å². The minimum Gasteiger partial charge on any atom is -0.327 e. The smallest absolute Gasteiger partial charge is 0.231 e. The number of nitrogens with zero attached hydrogens (tertiary/aromatic N) is 1. The third-order valence-corrected chi connectivity index (χ3v) is 4.46. The molecule has 1 aromatic rings. The van der Waals surface area contributed by atoms with Crippen LogP contribution in [-0.2, 0) is 4.79 Å². The van der Waals surface area contributed by atoms with Gasteiger partial charge in [-0.3, -0.25) is 4.79 Å². The monoisotopic (exact) mass is 288 g/mol. The molecule has 3 heteroatoms. The number of hydrogen-bond acceptors (Lipinski definition) is 2. The molecule has 0 heterocycles. The van der Waals surface area contributed by atoms with Gasteiger partial charge in [0.2, 0.25) is 5.91 Å². The van der Waals surface area contributed by atoms with E-state index in [2.05, 4.69) is 6.92 Å². The molecule has 1 aliphatic carbocycles. The molecule has 0 radical (unpaired) electrons. The van der Waals surface area contributed by atoms with Gasteiger partial charge in [-0.15, -0.1) is 0 Å². The summed E-state index contributed by atoms with van der Waals surface area (Å²) in [5, 5.41) is 0. The predicted molar refractivity (Wildman–Crippen MR) is 88.3 cm³/mol. The number of carbonyl (C=O) groups is 1. The highest BCUT2D eigenvalue weighted by Gasteiger charge is 2.30. The van der Waals surface area contributed by atoms with Crippen molar-refractivity contribution >= 4 is 11.6 Å². The average molecular weight is 288 g/mol. The highest BCUT2D eigenvalue weighted by Crippen LogP contribution is 2.26. The summed E-state index contributed by atoms with van der Waals surface area (Å²) in [6.07, 6.45) is 7.53. The van der Waals surface area contributed by atoms with Gasteiger partial charge in [0.15, 0.2) is 0 Å².